The molecule has 3 rings (SSSR count). The molecule has 0 aliphatic carbocycles. The van der Waals surface area contributed by atoms with Gasteiger partial charge in [0.25, 0.3) is 0 Å². The molecule has 22 heavy (non-hydrogen) atoms. The van der Waals surface area contributed by atoms with Crippen LogP contribution in [-0.4, -0.2) is 9.61 Å². The summed E-state index contributed by atoms with van der Waals surface area (Å²) in [4.78, 5) is 0. The number of aryl methyl sites for hydroxylation is 1. The van der Waals surface area contributed by atoms with Gasteiger partial charge in [-0.1, -0.05) is 6.07 Å². The summed E-state index contributed by atoms with van der Waals surface area (Å²) >= 11 is 0. The number of hydrogen-bond acceptors (Lipinski definition) is 1. The van der Waals surface area contributed by atoms with E-state index in [1.807, 2.05) is 0 Å². The quantitative estimate of drug-likeness (QED) is 0.600. The highest BCUT2D eigenvalue weighted by Crippen LogP contribution is 2.34. The molecule has 0 unspecified atom stereocenters. The highest BCUT2D eigenvalue weighted by Gasteiger charge is 2.31. The van der Waals surface area contributed by atoms with E-state index in [9.17, 15) is 22.0 Å². The summed E-state index contributed by atoms with van der Waals surface area (Å²) in [6, 6.07) is 5.04. The van der Waals surface area contributed by atoms with Gasteiger partial charge in [-0.05, 0) is 36.8 Å². The minimum atomic E-state index is -4.49. The second kappa shape index (κ2) is 4.79. The highest BCUT2D eigenvalue weighted by molar-refractivity contribution is 5.82. The van der Waals surface area contributed by atoms with Crippen molar-refractivity contribution < 1.29 is 22.0 Å². The third-order valence-electron chi connectivity index (χ3n) is 3.35. The van der Waals surface area contributed by atoms with E-state index in [1.165, 1.54) is 16.8 Å². The predicted molar refractivity (Wildman–Crippen MR) is 70.3 cm³/mol. The first-order valence-corrected chi connectivity index (χ1v) is 6.29. The topological polar surface area (TPSA) is 17.3 Å². The van der Waals surface area contributed by atoms with Crippen molar-refractivity contribution >= 4 is 5.52 Å². The standard InChI is InChI=1S/C15H9F5N2/c1-8-14(9-2-3-11(16)12(17)6-9)13-7-10(15(18,19)20)4-5-22(13)21-8/h2-7H,1H3. The van der Waals surface area contributed by atoms with Crippen LogP contribution in [0.5, 0.6) is 0 Å². The van der Waals surface area contributed by atoms with Crippen LogP contribution in [0.4, 0.5) is 22.0 Å². The summed E-state index contributed by atoms with van der Waals surface area (Å²) in [5, 5.41) is 4.10. The van der Waals surface area contributed by atoms with Crippen molar-refractivity contribution in [3.63, 3.8) is 0 Å². The monoisotopic (exact) mass is 312 g/mol. The lowest BCUT2D eigenvalue weighted by Gasteiger charge is -2.07. The number of rotatable bonds is 1. The van der Waals surface area contributed by atoms with E-state index in [2.05, 4.69) is 5.10 Å². The largest absolute Gasteiger partial charge is 0.416 e. The van der Waals surface area contributed by atoms with Crippen molar-refractivity contribution in [2.24, 2.45) is 0 Å². The Bertz CT molecular complexity index is 864. The van der Waals surface area contributed by atoms with E-state index in [0.29, 0.717) is 11.3 Å². The summed E-state index contributed by atoms with van der Waals surface area (Å²) in [5.41, 5.74) is 0.378. The Morgan fingerprint density at radius 2 is 1.73 bits per heavy atom. The van der Waals surface area contributed by atoms with Crippen LogP contribution in [0.2, 0.25) is 0 Å². The number of fused-ring (bicyclic) bond motifs is 1. The molecule has 0 saturated heterocycles. The van der Waals surface area contributed by atoms with Crippen molar-refractivity contribution in [3.8, 4) is 11.1 Å². The van der Waals surface area contributed by atoms with E-state index >= 15 is 0 Å². The maximum absolute atomic E-state index is 13.4. The normalized spacial score (nSPS) is 12.1. The second-order valence-electron chi connectivity index (χ2n) is 4.83. The van der Waals surface area contributed by atoms with Gasteiger partial charge in [0.15, 0.2) is 11.6 Å². The third-order valence-corrected chi connectivity index (χ3v) is 3.35. The van der Waals surface area contributed by atoms with E-state index in [-0.39, 0.29) is 11.1 Å². The highest BCUT2D eigenvalue weighted by atomic mass is 19.4. The molecule has 0 radical (unpaired) electrons. The SMILES string of the molecule is Cc1nn2ccc(C(F)(F)F)cc2c1-c1ccc(F)c(F)c1. The summed E-state index contributed by atoms with van der Waals surface area (Å²) in [5.74, 6) is -2.09. The fourth-order valence-electron chi connectivity index (χ4n) is 2.35. The molecule has 0 N–H and O–H groups in total. The molecule has 2 heterocycles. The first-order chi connectivity index (χ1) is 10.3. The van der Waals surface area contributed by atoms with Gasteiger partial charge < -0.3 is 0 Å². The van der Waals surface area contributed by atoms with Crippen LogP contribution < -0.4 is 0 Å². The first kappa shape index (κ1) is 14.5. The van der Waals surface area contributed by atoms with Crippen molar-refractivity contribution in [2.75, 3.05) is 0 Å². The lowest BCUT2D eigenvalue weighted by Crippen LogP contribution is -2.05. The van der Waals surface area contributed by atoms with Crippen LogP contribution in [0, 0.1) is 18.6 Å². The van der Waals surface area contributed by atoms with Crippen LogP contribution >= 0.6 is 0 Å². The molecule has 114 valence electrons. The van der Waals surface area contributed by atoms with E-state index in [0.717, 1.165) is 24.3 Å². The molecular weight excluding hydrogens is 303 g/mol. The Morgan fingerprint density at radius 3 is 2.36 bits per heavy atom. The maximum atomic E-state index is 13.4. The van der Waals surface area contributed by atoms with Gasteiger partial charge in [0, 0.05) is 11.8 Å². The minimum absolute atomic E-state index is 0.179. The number of benzene rings is 1. The van der Waals surface area contributed by atoms with Crippen LogP contribution in [0.1, 0.15) is 11.3 Å². The fraction of sp³-hybridized carbons (Fsp3) is 0.133. The summed E-state index contributed by atoms with van der Waals surface area (Å²) < 4.78 is 66.2. The zero-order chi connectivity index (χ0) is 16.1. The van der Waals surface area contributed by atoms with Crippen molar-refractivity contribution in [1.82, 2.24) is 9.61 Å². The molecule has 0 spiro atoms. The minimum Gasteiger partial charge on any atom is -0.240 e. The molecule has 3 aromatic rings. The van der Waals surface area contributed by atoms with Crippen LogP contribution in [0.25, 0.3) is 16.6 Å². The number of pyridine rings is 1. The Labute approximate surface area is 121 Å². The lowest BCUT2D eigenvalue weighted by molar-refractivity contribution is -0.137. The summed E-state index contributed by atoms with van der Waals surface area (Å²) in [6.07, 6.45) is -3.31. The van der Waals surface area contributed by atoms with Crippen molar-refractivity contribution in [3.05, 3.63) is 59.4 Å². The van der Waals surface area contributed by atoms with Gasteiger partial charge in [0.1, 0.15) is 0 Å². The predicted octanol–water partition coefficient (Wildman–Crippen LogP) is 4.61. The molecule has 0 saturated carbocycles. The summed E-state index contributed by atoms with van der Waals surface area (Å²) in [6.45, 7) is 1.59. The molecule has 0 fully saturated rings. The van der Waals surface area contributed by atoms with Gasteiger partial charge in [-0.3, -0.25) is 0 Å². The Balaban J connectivity index is 2.28. The molecule has 1 aromatic carbocycles. The number of hydrogen-bond donors (Lipinski definition) is 0. The molecule has 0 aliphatic heterocycles. The fourth-order valence-corrected chi connectivity index (χ4v) is 2.35. The van der Waals surface area contributed by atoms with Crippen LogP contribution in [0.3, 0.4) is 0 Å². The molecule has 2 aromatic heterocycles. The molecule has 7 heteroatoms. The summed E-state index contributed by atoms with van der Waals surface area (Å²) in [7, 11) is 0. The average Bonchev–Trinajstić information content (AvgIpc) is 2.76. The number of nitrogens with zero attached hydrogens (tertiary/aromatic N) is 2. The molecule has 2 nitrogen and oxygen atoms in total. The maximum Gasteiger partial charge on any atom is 0.416 e. The van der Waals surface area contributed by atoms with E-state index in [4.69, 9.17) is 0 Å². The molecular formula is C15H9F5N2. The number of halogens is 5. The Kier molecular flexibility index (Phi) is 3.16. The lowest BCUT2D eigenvalue weighted by atomic mass is 10.0. The van der Waals surface area contributed by atoms with E-state index < -0.39 is 23.4 Å². The molecule has 0 bridgehead atoms. The van der Waals surface area contributed by atoms with Gasteiger partial charge in [-0.15, -0.1) is 0 Å². The second-order valence-corrected chi connectivity index (χ2v) is 4.83. The van der Waals surface area contributed by atoms with E-state index in [1.54, 1.807) is 6.92 Å². The third kappa shape index (κ3) is 2.32. The first-order valence-electron chi connectivity index (χ1n) is 6.29. The van der Waals surface area contributed by atoms with Crippen LogP contribution in [0.15, 0.2) is 36.5 Å². The van der Waals surface area contributed by atoms with Gasteiger partial charge in [-0.2, -0.15) is 18.3 Å². The Hall–Kier alpha value is -2.44. The molecule has 0 aliphatic rings. The van der Waals surface area contributed by atoms with Crippen LogP contribution in [-0.2, 0) is 6.18 Å². The zero-order valence-electron chi connectivity index (χ0n) is 11.2. The Morgan fingerprint density at radius 1 is 1.00 bits per heavy atom. The molecule has 0 atom stereocenters. The van der Waals surface area contributed by atoms with Gasteiger partial charge in [0.05, 0.1) is 16.8 Å². The number of aromatic nitrogens is 2. The zero-order valence-corrected chi connectivity index (χ0v) is 11.2. The van der Waals surface area contributed by atoms with Gasteiger partial charge in [0.2, 0.25) is 0 Å². The molecule has 0 amide bonds. The number of alkyl halides is 3. The average molecular weight is 312 g/mol. The van der Waals surface area contributed by atoms with Crippen molar-refractivity contribution in [1.29, 1.82) is 0 Å². The smallest absolute Gasteiger partial charge is 0.240 e. The van der Waals surface area contributed by atoms with Crippen molar-refractivity contribution in [2.45, 2.75) is 13.1 Å². The van der Waals surface area contributed by atoms with Gasteiger partial charge in [-0.25, -0.2) is 13.3 Å². The van der Waals surface area contributed by atoms with Gasteiger partial charge >= 0.3 is 6.18 Å².